The third-order valence-electron chi connectivity index (χ3n) is 8.39. The summed E-state index contributed by atoms with van der Waals surface area (Å²) in [7, 11) is 0. The number of carboxylic acid groups (broad SMARTS) is 1. The van der Waals surface area contributed by atoms with Crippen LogP contribution in [0.4, 0.5) is 8.78 Å². The monoisotopic (exact) mass is 640 g/mol. The maximum atomic E-state index is 15.9. The van der Waals surface area contributed by atoms with Crippen molar-refractivity contribution in [2.24, 2.45) is 0 Å². The Balaban J connectivity index is 1.22. The number of carboxylic acids is 1. The van der Waals surface area contributed by atoms with Gasteiger partial charge in [0.05, 0.1) is 27.2 Å². The summed E-state index contributed by atoms with van der Waals surface area (Å²) in [5.41, 5.74) is 4.47. The lowest BCUT2D eigenvalue weighted by atomic mass is 9.94. The van der Waals surface area contributed by atoms with Crippen molar-refractivity contribution in [2.45, 2.75) is 44.8 Å². The molecule has 1 fully saturated rings. The Morgan fingerprint density at radius 3 is 2.48 bits per heavy atom. The number of aromatic carboxylic acids is 1. The molecule has 0 atom stereocenters. The van der Waals surface area contributed by atoms with Gasteiger partial charge in [-0.05, 0) is 89.3 Å². The highest BCUT2D eigenvalue weighted by molar-refractivity contribution is 6.31. The predicted octanol–water partition coefficient (Wildman–Crippen LogP) is 8.26. The van der Waals surface area contributed by atoms with Crippen molar-refractivity contribution < 1.29 is 23.4 Å². The molecule has 9 nitrogen and oxygen atoms in total. The maximum absolute atomic E-state index is 15.9. The number of imidazole rings is 1. The van der Waals surface area contributed by atoms with Crippen LogP contribution >= 0.6 is 11.6 Å². The standard InChI is InChI=1S/C34H27ClF2N6O3/c35-27-15-19(7-12-28(27)36)25-10-6-21(34(44)45)14-22(25)18-46-24-9-11-26(29(37)17-24)33-38-30-16-20(32-39-41-42-40-32)8-13-31(30)43(33)23-4-2-1-3-5-23/h6-17,23H,1-5,18H2,(H,44,45)(H,39,40,41,42). The SMILES string of the molecule is O=C(O)c1ccc(-c2ccc(F)c(Cl)c2)c(COc2ccc(-c3nc4cc(-c5nn[nH]n5)ccc4n3C3CCCCC3)c(F)c2)c1. The summed E-state index contributed by atoms with van der Waals surface area (Å²) in [4.78, 5) is 16.6. The average Bonchev–Trinajstić information content (AvgIpc) is 3.74. The Labute approximate surface area is 266 Å². The minimum atomic E-state index is -1.11. The maximum Gasteiger partial charge on any atom is 0.335 e. The summed E-state index contributed by atoms with van der Waals surface area (Å²) in [5.74, 6) is -0.947. The topological polar surface area (TPSA) is 119 Å². The van der Waals surface area contributed by atoms with E-state index in [2.05, 4.69) is 25.2 Å². The van der Waals surface area contributed by atoms with Crippen molar-refractivity contribution in [1.82, 2.24) is 30.2 Å². The molecule has 0 saturated heterocycles. The Morgan fingerprint density at radius 1 is 0.935 bits per heavy atom. The van der Waals surface area contributed by atoms with Crippen molar-refractivity contribution in [3.8, 4) is 39.7 Å². The molecule has 2 N–H and O–H groups in total. The zero-order valence-corrected chi connectivity index (χ0v) is 25.1. The lowest BCUT2D eigenvalue weighted by Crippen LogP contribution is -2.14. The summed E-state index contributed by atoms with van der Waals surface area (Å²) in [6, 6.07) is 19.4. The number of nitrogens with one attached hydrogen (secondary N) is 1. The minimum Gasteiger partial charge on any atom is -0.489 e. The fourth-order valence-corrected chi connectivity index (χ4v) is 6.32. The van der Waals surface area contributed by atoms with Crippen LogP contribution < -0.4 is 4.74 Å². The van der Waals surface area contributed by atoms with Crippen molar-refractivity contribution in [1.29, 1.82) is 0 Å². The molecule has 232 valence electrons. The van der Waals surface area contributed by atoms with E-state index in [0.29, 0.717) is 39.4 Å². The number of fused-ring (bicyclic) bond motifs is 1. The highest BCUT2D eigenvalue weighted by Gasteiger charge is 2.25. The quantitative estimate of drug-likeness (QED) is 0.172. The summed E-state index contributed by atoms with van der Waals surface area (Å²) < 4.78 is 37.9. The van der Waals surface area contributed by atoms with Gasteiger partial charge in [-0.3, -0.25) is 0 Å². The first-order chi connectivity index (χ1) is 22.4. The van der Waals surface area contributed by atoms with Crippen LogP contribution in [0.2, 0.25) is 5.02 Å². The van der Waals surface area contributed by atoms with Crippen molar-refractivity contribution in [2.75, 3.05) is 0 Å². The number of nitrogens with zero attached hydrogens (tertiary/aromatic N) is 5. The first-order valence-corrected chi connectivity index (χ1v) is 15.2. The second-order valence-corrected chi connectivity index (χ2v) is 11.7. The van der Waals surface area contributed by atoms with E-state index < -0.39 is 17.6 Å². The predicted molar refractivity (Wildman–Crippen MR) is 169 cm³/mol. The molecule has 6 aromatic rings. The van der Waals surface area contributed by atoms with Crippen molar-refractivity contribution in [3.63, 3.8) is 0 Å². The first-order valence-electron chi connectivity index (χ1n) is 14.9. The third-order valence-corrected chi connectivity index (χ3v) is 8.68. The van der Waals surface area contributed by atoms with Crippen LogP contribution in [-0.4, -0.2) is 41.3 Å². The van der Waals surface area contributed by atoms with Crippen LogP contribution in [0.15, 0.2) is 72.8 Å². The van der Waals surface area contributed by atoms with Gasteiger partial charge in [0.2, 0.25) is 5.82 Å². The van der Waals surface area contributed by atoms with Crippen LogP contribution in [0.3, 0.4) is 0 Å². The second-order valence-electron chi connectivity index (χ2n) is 11.3. The van der Waals surface area contributed by atoms with E-state index in [9.17, 15) is 14.3 Å². The van der Waals surface area contributed by atoms with E-state index in [1.807, 2.05) is 18.2 Å². The molecule has 0 spiro atoms. The molecule has 1 aliphatic carbocycles. The molecular formula is C34H27ClF2N6O3. The smallest absolute Gasteiger partial charge is 0.335 e. The van der Waals surface area contributed by atoms with Gasteiger partial charge >= 0.3 is 5.97 Å². The van der Waals surface area contributed by atoms with Gasteiger partial charge in [-0.25, -0.2) is 18.6 Å². The van der Waals surface area contributed by atoms with E-state index in [-0.39, 0.29) is 29.0 Å². The van der Waals surface area contributed by atoms with Crippen LogP contribution in [-0.2, 0) is 6.61 Å². The fraction of sp³-hybridized carbons (Fsp3) is 0.206. The molecule has 2 aromatic heterocycles. The Bertz CT molecular complexity index is 2080. The molecule has 1 aliphatic rings. The zero-order chi connectivity index (χ0) is 31.8. The molecule has 1 saturated carbocycles. The number of rotatable bonds is 8. The van der Waals surface area contributed by atoms with Gasteiger partial charge in [0, 0.05) is 17.7 Å². The Hall–Kier alpha value is -5.16. The second kappa shape index (κ2) is 12.3. The van der Waals surface area contributed by atoms with Crippen molar-refractivity contribution >= 4 is 28.6 Å². The highest BCUT2D eigenvalue weighted by Crippen LogP contribution is 2.38. The van der Waals surface area contributed by atoms with Crippen LogP contribution in [0.5, 0.6) is 5.75 Å². The third kappa shape index (κ3) is 5.69. The van der Waals surface area contributed by atoms with Gasteiger partial charge in [0.25, 0.3) is 0 Å². The molecule has 0 aliphatic heterocycles. The van der Waals surface area contributed by atoms with Crippen LogP contribution in [0, 0.1) is 11.6 Å². The van der Waals surface area contributed by atoms with E-state index >= 15 is 4.39 Å². The number of aromatic amines is 1. The molecule has 7 rings (SSSR count). The van der Waals surface area contributed by atoms with Crippen LogP contribution in [0.25, 0.3) is 44.9 Å². The number of benzene rings is 4. The molecule has 0 amide bonds. The number of halogens is 3. The Morgan fingerprint density at radius 2 is 1.74 bits per heavy atom. The van der Waals surface area contributed by atoms with E-state index in [1.165, 1.54) is 36.8 Å². The summed E-state index contributed by atoms with van der Waals surface area (Å²) >= 11 is 6.01. The highest BCUT2D eigenvalue weighted by atomic mass is 35.5. The van der Waals surface area contributed by atoms with Gasteiger partial charge in [0.1, 0.15) is 29.8 Å². The van der Waals surface area contributed by atoms with Gasteiger partial charge in [0.15, 0.2) is 0 Å². The lowest BCUT2D eigenvalue weighted by molar-refractivity contribution is 0.0696. The number of hydrogen-bond donors (Lipinski definition) is 2. The number of carbonyl (C=O) groups is 1. The summed E-state index contributed by atoms with van der Waals surface area (Å²) in [6.45, 7) is -0.0658. The molecule has 2 heterocycles. The average molecular weight is 641 g/mol. The van der Waals surface area contributed by atoms with E-state index in [4.69, 9.17) is 21.3 Å². The lowest BCUT2D eigenvalue weighted by Gasteiger charge is -2.25. The minimum absolute atomic E-state index is 0.0567. The number of tetrazole rings is 1. The molecule has 12 heteroatoms. The number of aromatic nitrogens is 6. The molecule has 0 unspecified atom stereocenters. The first kappa shape index (κ1) is 29.5. The molecule has 4 aromatic carbocycles. The molecular weight excluding hydrogens is 614 g/mol. The van der Waals surface area contributed by atoms with Gasteiger partial charge in [-0.15, -0.1) is 10.2 Å². The molecule has 0 bridgehead atoms. The largest absolute Gasteiger partial charge is 0.489 e. The molecule has 0 radical (unpaired) electrons. The molecule has 46 heavy (non-hydrogen) atoms. The summed E-state index contributed by atoms with van der Waals surface area (Å²) in [5, 5.41) is 23.8. The Kier molecular flexibility index (Phi) is 7.91. The van der Waals surface area contributed by atoms with Gasteiger partial charge in [-0.1, -0.05) is 43.0 Å². The van der Waals surface area contributed by atoms with E-state index in [1.54, 1.807) is 24.3 Å². The van der Waals surface area contributed by atoms with Gasteiger partial charge in [-0.2, -0.15) is 5.21 Å². The number of hydrogen-bond acceptors (Lipinski definition) is 6. The van der Waals surface area contributed by atoms with E-state index in [0.717, 1.165) is 36.8 Å². The van der Waals surface area contributed by atoms with Crippen molar-refractivity contribution in [3.05, 3.63) is 101 Å². The number of ether oxygens (including phenoxy) is 1. The fourth-order valence-electron chi connectivity index (χ4n) is 6.14. The summed E-state index contributed by atoms with van der Waals surface area (Å²) in [6.07, 6.45) is 5.31. The van der Waals surface area contributed by atoms with Crippen LogP contribution in [0.1, 0.15) is 54.1 Å². The normalized spacial score (nSPS) is 13.7. The number of H-pyrrole nitrogens is 1. The zero-order valence-electron chi connectivity index (χ0n) is 24.4. The van der Waals surface area contributed by atoms with Gasteiger partial charge < -0.3 is 14.4 Å².